The fraction of sp³-hybridized carbons (Fsp3) is 0.467. The molecular formula is C15H16F3NO4. The highest BCUT2D eigenvalue weighted by Gasteiger charge is 2.36. The van der Waals surface area contributed by atoms with Crippen molar-refractivity contribution in [1.29, 1.82) is 0 Å². The molecule has 8 heteroatoms. The Morgan fingerprint density at radius 1 is 1.26 bits per heavy atom. The Kier molecular flexibility index (Phi) is 4.93. The van der Waals surface area contributed by atoms with E-state index < -0.39 is 42.1 Å². The molecule has 1 aromatic rings. The van der Waals surface area contributed by atoms with Crippen LogP contribution in [0.1, 0.15) is 17.5 Å². The number of carbonyl (C=O) groups excluding carboxylic acids is 1. The van der Waals surface area contributed by atoms with E-state index in [1.165, 1.54) is 23.1 Å². The number of carboxylic acid groups (broad SMARTS) is 1. The summed E-state index contributed by atoms with van der Waals surface area (Å²) in [6, 6.07) is 4.79. The molecule has 5 nitrogen and oxygen atoms in total. The third-order valence-electron chi connectivity index (χ3n) is 3.91. The molecule has 1 amide bonds. The molecule has 0 aliphatic carbocycles. The third-order valence-corrected chi connectivity index (χ3v) is 3.91. The van der Waals surface area contributed by atoms with Gasteiger partial charge in [-0.25, -0.2) is 0 Å². The second-order valence-corrected chi connectivity index (χ2v) is 5.47. The van der Waals surface area contributed by atoms with E-state index in [0.29, 0.717) is 0 Å². The molecule has 0 spiro atoms. The number of likely N-dealkylation sites (tertiary alicyclic amines) is 1. The summed E-state index contributed by atoms with van der Waals surface area (Å²) in [7, 11) is 0. The van der Waals surface area contributed by atoms with Crippen LogP contribution < -0.4 is 0 Å². The van der Waals surface area contributed by atoms with Gasteiger partial charge in [0.1, 0.15) is 5.92 Å². The van der Waals surface area contributed by atoms with Gasteiger partial charge in [-0.3, -0.25) is 9.59 Å². The molecular weight excluding hydrogens is 315 g/mol. The van der Waals surface area contributed by atoms with Crippen LogP contribution in [0, 0.1) is 5.92 Å². The first-order valence-electron chi connectivity index (χ1n) is 7.04. The Labute approximate surface area is 130 Å². The van der Waals surface area contributed by atoms with E-state index in [1.807, 2.05) is 0 Å². The van der Waals surface area contributed by atoms with Crippen LogP contribution in [-0.2, 0) is 22.2 Å². The average molecular weight is 331 g/mol. The second kappa shape index (κ2) is 6.57. The fourth-order valence-corrected chi connectivity index (χ4v) is 2.63. The summed E-state index contributed by atoms with van der Waals surface area (Å²) < 4.78 is 38.8. The average Bonchev–Trinajstić information content (AvgIpc) is 2.46. The van der Waals surface area contributed by atoms with Crippen LogP contribution in [0.25, 0.3) is 0 Å². The summed E-state index contributed by atoms with van der Waals surface area (Å²) in [6.07, 6.45) is -5.99. The maximum Gasteiger partial charge on any atom is 0.416 e. The number of halogens is 3. The molecule has 126 valence electrons. The Morgan fingerprint density at radius 2 is 1.91 bits per heavy atom. The number of piperidine rings is 1. The number of benzene rings is 1. The molecule has 0 bridgehead atoms. The molecule has 2 atom stereocenters. The van der Waals surface area contributed by atoms with Gasteiger partial charge in [0.2, 0.25) is 5.91 Å². The molecule has 23 heavy (non-hydrogen) atoms. The summed E-state index contributed by atoms with van der Waals surface area (Å²) >= 11 is 0. The Balaban J connectivity index is 2.13. The molecule has 1 heterocycles. The molecule has 0 radical (unpaired) electrons. The number of hydrogen-bond donors (Lipinski definition) is 2. The van der Waals surface area contributed by atoms with E-state index in [2.05, 4.69) is 0 Å². The minimum absolute atomic E-state index is 0.0869. The van der Waals surface area contributed by atoms with E-state index in [4.69, 9.17) is 5.11 Å². The Bertz CT molecular complexity index is 603. The molecule has 0 saturated carbocycles. The first-order valence-corrected chi connectivity index (χ1v) is 7.04. The van der Waals surface area contributed by atoms with Crippen LogP contribution in [0.15, 0.2) is 24.3 Å². The van der Waals surface area contributed by atoms with Gasteiger partial charge in [-0.15, -0.1) is 0 Å². The number of aliphatic hydroxyl groups is 1. The topological polar surface area (TPSA) is 77.8 Å². The molecule has 1 aliphatic rings. The van der Waals surface area contributed by atoms with E-state index in [0.717, 1.165) is 6.07 Å². The summed E-state index contributed by atoms with van der Waals surface area (Å²) in [5.41, 5.74) is -1.02. The van der Waals surface area contributed by atoms with Crippen molar-refractivity contribution in [1.82, 2.24) is 4.90 Å². The van der Waals surface area contributed by atoms with Crippen molar-refractivity contribution in [2.45, 2.75) is 25.1 Å². The van der Waals surface area contributed by atoms with Crippen molar-refractivity contribution >= 4 is 11.9 Å². The van der Waals surface area contributed by atoms with Crippen molar-refractivity contribution in [2.24, 2.45) is 5.92 Å². The highest BCUT2D eigenvalue weighted by atomic mass is 19.4. The van der Waals surface area contributed by atoms with Crippen LogP contribution >= 0.6 is 0 Å². The molecule has 0 aromatic heterocycles. The lowest BCUT2D eigenvalue weighted by atomic mass is 9.94. The smallest absolute Gasteiger partial charge is 0.416 e. The van der Waals surface area contributed by atoms with Gasteiger partial charge in [-0.1, -0.05) is 18.2 Å². The Morgan fingerprint density at radius 3 is 2.52 bits per heavy atom. The zero-order valence-electron chi connectivity index (χ0n) is 12.1. The van der Waals surface area contributed by atoms with Crippen LogP contribution in [-0.4, -0.2) is 46.2 Å². The second-order valence-electron chi connectivity index (χ2n) is 5.47. The largest absolute Gasteiger partial charge is 0.481 e. The van der Waals surface area contributed by atoms with E-state index >= 15 is 0 Å². The zero-order chi connectivity index (χ0) is 17.2. The first-order chi connectivity index (χ1) is 10.7. The number of carboxylic acids is 1. The third kappa shape index (κ3) is 4.01. The van der Waals surface area contributed by atoms with E-state index in [-0.39, 0.29) is 25.1 Å². The minimum atomic E-state index is -4.56. The van der Waals surface area contributed by atoms with Crippen molar-refractivity contribution in [3.8, 4) is 0 Å². The highest BCUT2D eigenvalue weighted by molar-refractivity contribution is 5.80. The van der Waals surface area contributed by atoms with E-state index in [1.54, 1.807) is 0 Å². The number of aliphatic carboxylic acids is 1. The molecule has 2 N–H and O–H groups in total. The predicted octanol–water partition coefficient (Wildman–Crippen LogP) is 1.54. The fourth-order valence-electron chi connectivity index (χ4n) is 2.63. The van der Waals surface area contributed by atoms with Crippen LogP contribution in [0.4, 0.5) is 13.2 Å². The predicted molar refractivity (Wildman–Crippen MR) is 73.5 cm³/mol. The van der Waals surface area contributed by atoms with Gasteiger partial charge in [0.25, 0.3) is 0 Å². The molecule has 1 saturated heterocycles. The summed E-state index contributed by atoms with van der Waals surface area (Å²) in [5, 5.41) is 18.6. The minimum Gasteiger partial charge on any atom is -0.481 e. The highest BCUT2D eigenvalue weighted by Crippen LogP contribution is 2.32. The van der Waals surface area contributed by atoms with Crippen molar-refractivity contribution < 1.29 is 33.0 Å². The number of hydrogen-bond acceptors (Lipinski definition) is 3. The standard InChI is InChI=1S/C15H16F3NO4/c16-15(17,18)11-4-2-1-3-9(11)7-13(21)19-6-5-12(20)10(8-19)14(22)23/h1-4,10,12,20H,5-8H2,(H,22,23)/t10-,12-/m1/s1. The summed E-state index contributed by atoms with van der Waals surface area (Å²) in [6.45, 7) is -0.0819. The van der Waals surface area contributed by atoms with Gasteiger partial charge in [-0.05, 0) is 18.1 Å². The molecule has 1 aromatic carbocycles. The maximum absolute atomic E-state index is 12.9. The Hall–Kier alpha value is -2.09. The monoisotopic (exact) mass is 331 g/mol. The van der Waals surface area contributed by atoms with Crippen molar-refractivity contribution in [3.05, 3.63) is 35.4 Å². The maximum atomic E-state index is 12.9. The molecule has 1 aliphatic heterocycles. The van der Waals surface area contributed by atoms with Crippen LogP contribution in [0.3, 0.4) is 0 Å². The van der Waals surface area contributed by atoms with Gasteiger partial charge in [-0.2, -0.15) is 13.2 Å². The molecule has 1 fully saturated rings. The van der Waals surface area contributed by atoms with Crippen LogP contribution in [0.2, 0.25) is 0 Å². The SMILES string of the molecule is O=C(O)[C@@H]1CN(C(=O)Cc2ccccc2C(F)(F)F)CC[C@H]1O. The van der Waals surface area contributed by atoms with Gasteiger partial charge in [0, 0.05) is 13.1 Å². The van der Waals surface area contributed by atoms with E-state index in [9.17, 15) is 27.9 Å². The number of rotatable bonds is 3. The number of nitrogens with zero attached hydrogens (tertiary/aromatic N) is 1. The van der Waals surface area contributed by atoms with Crippen molar-refractivity contribution in [2.75, 3.05) is 13.1 Å². The van der Waals surface area contributed by atoms with Crippen LogP contribution in [0.5, 0.6) is 0 Å². The van der Waals surface area contributed by atoms with Crippen molar-refractivity contribution in [3.63, 3.8) is 0 Å². The lowest BCUT2D eigenvalue weighted by molar-refractivity contribution is -0.151. The summed E-state index contributed by atoms with van der Waals surface area (Å²) in [4.78, 5) is 24.4. The lowest BCUT2D eigenvalue weighted by Gasteiger charge is -2.34. The van der Waals surface area contributed by atoms with Gasteiger partial charge < -0.3 is 15.1 Å². The normalized spacial score (nSPS) is 22.0. The quantitative estimate of drug-likeness (QED) is 0.881. The number of alkyl halides is 3. The van der Waals surface area contributed by atoms with Gasteiger partial charge in [0.05, 0.1) is 18.1 Å². The van der Waals surface area contributed by atoms with Gasteiger partial charge in [0.15, 0.2) is 0 Å². The molecule has 2 rings (SSSR count). The molecule has 0 unspecified atom stereocenters. The zero-order valence-corrected chi connectivity index (χ0v) is 12.1. The number of amides is 1. The first kappa shape index (κ1) is 17.3. The summed E-state index contributed by atoms with van der Waals surface area (Å²) in [5.74, 6) is -2.93. The number of aliphatic hydroxyl groups excluding tert-OH is 1. The van der Waals surface area contributed by atoms with Gasteiger partial charge >= 0.3 is 12.1 Å². The lowest BCUT2D eigenvalue weighted by Crippen LogP contribution is -2.49. The number of carbonyl (C=O) groups is 2.